The van der Waals surface area contributed by atoms with Gasteiger partial charge in [0, 0.05) is 39.6 Å². The molecule has 2 fully saturated rings. The summed E-state index contributed by atoms with van der Waals surface area (Å²) in [6.07, 6.45) is -3.35. The van der Waals surface area contributed by atoms with E-state index in [2.05, 4.69) is 0 Å². The molecular weight excluding hydrogens is 275 g/mol. The lowest BCUT2D eigenvalue weighted by atomic mass is 9.89. The highest BCUT2D eigenvalue weighted by Crippen LogP contribution is 2.51. The maximum Gasteiger partial charge on any atom is 0.417 e. The summed E-state index contributed by atoms with van der Waals surface area (Å²) in [6, 6.07) is 0. The van der Waals surface area contributed by atoms with Gasteiger partial charge in [0.15, 0.2) is 5.60 Å². The number of amides is 1. The van der Waals surface area contributed by atoms with Crippen LogP contribution in [0.5, 0.6) is 0 Å². The molecule has 1 aliphatic carbocycles. The van der Waals surface area contributed by atoms with Gasteiger partial charge >= 0.3 is 6.18 Å². The second-order valence-electron chi connectivity index (χ2n) is 5.84. The van der Waals surface area contributed by atoms with Gasteiger partial charge in [0.2, 0.25) is 5.91 Å². The first-order valence-electron chi connectivity index (χ1n) is 6.82. The molecule has 1 saturated heterocycles. The molecule has 0 bridgehead atoms. The minimum Gasteiger partial charge on any atom is -0.385 e. The van der Waals surface area contributed by atoms with Crippen molar-refractivity contribution in [2.45, 2.75) is 43.9 Å². The van der Waals surface area contributed by atoms with Gasteiger partial charge < -0.3 is 14.7 Å². The molecule has 1 heterocycles. The summed E-state index contributed by atoms with van der Waals surface area (Å²) in [5, 5.41) is 9.58. The van der Waals surface area contributed by atoms with Crippen LogP contribution in [0.25, 0.3) is 0 Å². The van der Waals surface area contributed by atoms with Gasteiger partial charge in [-0.3, -0.25) is 4.79 Å². The molecule has 2 rings (SSSR count). The monoisotopic (exact) mass is 295 g/mol. The Labute approximate surface area is 115 Å². The van der Waals surface area contributed by atoms with Crippen molar-refractivity contribution in [1.82, 2.24) is 4.90 Å². The Morgan fingerprint density at radius 3 is 2.20 bits per heavy atom. The third kappa shape index (κ3) is 2.79. The van der Waals surface area contributed by atoms with E-state index in [0.717, 1.165) is 12.8 Å². The molecule has 1 aliphatic heterocycles. The Bertz CT molecular complexity index is 372. The van der Waals surface area contributed by atoms with Gasteiger partial charge in [-0.15, -0.1) is 0 Å². The van der Waals surface area contributed by atoms with Crippen LogP contribution in [-0.4, -0.2) is 54.5 Å². The van der Waals surface area contributed by atoms with Crippen LogP contribution in [-0.2, 0) is 9.53 Å². The molecule has 0 radical (unpaired) electrons. The highest BCUT2D eigenvalue weighted by molar-refractivity contribution is 5.85. The van der Waals surface area contributed by atoms with E-state index >= 15 is 0 Å². The van der Waals surface area contributed by atoms with Gasteiger partial charge in [-0.2, -0.15) is 13.2 Å². The number of piperidine rings is 1. The van der Waals surface area contributed by atoms with Crippen molar-refractivity contribution in [1.29, 1.82) is 0 Å². The van der Waals surface area contributed by atoms with Gasteiger partial charge in [-0.25, -0.2) is 0 Å². The van der Waals surface area contributed by atoms with E-state index < -0.39 is 30.0 Å². The minimum atomic E-state index is -4.63. The molecule has 1 N–H and O–H groups in total. The number of methoxy groups -OCH3 is 1. The molecule has 116 valence electrons. The zero-order chi connectivity index (χ0) is 15.0. The lowest BCUT2D eigenvalue weighted by Crippen LogP contribution is -2.55. The van der Waals surface area contributed by atoms with E-state index in [1.54, 1.807) is 7.11 Å². The number of halogens is 3. The third-order valence-electron chi connectivity index (χ3n) is 4.50. The summed E-state index contributed by atoms with van der Waals surface area (Å²) in [7, 11) is 1.56. The van der Waals surface area contributed by atoms with E-state index in [-0.39, 0.29) is 19.0 Å². The molecule has 0 atom stereocenters. The first kappa shape index (κ1) is 15.6. The van der Waals surface area contributed by atoms with E-state index in [1.165, 1.54) is 4.90 Å². The Morgan fingerprint density at radius 2 is 1.80 bits per heavy atom. The number of hydrogen-bond acceptors (Lipinski definition) is 3. The van der Waals surface area contributed by atoms with Crippen molar-refractivity contribution in [3.05, 3.63) is 0 Å². The highest BCUT2D eigenvalue weighted by Gasteiger charge is 2.57. The molecule has 4 nitrogen and oxygen atoms in total. The molecule has 0 aromatic carbocycles. The number of nitrogens with zero attached hydrogens (tertiary/aromatic N) is 1. The van der Waals surface area contributed by atoms with Crippen LogP contribution in [0, 0.1) is 5.41 Å². The molecule has 1 amide bonds. The zero-order valence-electron chi connectivity index (χ0n) is 11.5. The number of likely N-dealkylation sites (tertiary alicyclic amines) is 1. The predicted molar refractivity (Wildman–Crippen MR) is 65.0 cm³/mol. The summed E-state index contributed by atoms with van der Waals surface area (Å²) in [5.41, 5.74) is -3.07. The number of hydrogen-bond donors (Lipinski definition) is 1. The van der Waals surface area contributed by atoms with Crippen LogP contribution in [0.2, 0.25) is 0 Å². The van der Waals surface area contributed by atoms with Gasteiger partial charge in [0.05, 0.1) is 5.41 Å². The van der Waals surface area contributed by atoms with Crippen LogP contribution in [0.4, 0.5) is 13.2 Å². The lowest BCUT2D eigenvalue weighted by molar-refractivity contribution is -0.272. The molecular formula is C13H20F3NO3. The van der Waals surface area contributed by atoms with E-state index in [1.807, 2.05) is 0 Å². The van der Waals surface area contributed by atoms with Crippen LogP contribution in [0.1, 0.15) is 32.1 Å². The summed E-state index contributed by atoms with van der Waals surface area (Å²) >= 11 is 0. The normalized spacial score (nSPS) is 24.6. The smallest absolute Gasteiger partial charge is 0.385 e. The van der Waals surface area contributed by atoms with Crippen molar-refractivity contribution < 1.29 is 27.8 Å². The molecule has 20 heavy (non-hydrogen) atoms. The van der Waals surface area contributed by atoms with Gasteiger partial charge in [0.25, 0.3) is 0 Å². The van der Waals surface area contributed by atoms with Gasteiger partial charge in [-0.1, -0.05) is 0 Å². The quantitative estimate of drug-likeness (QED) is 0.859. The predicted octanol–water partition coefficient (Wildman–Crippen LogP) is 1.72. The largest absolute Gasteiger partial charge is 0.417 e. The summed E-state index contributed by atoms with van der Waals surface area (Å²) in [4.78, 5) is 13.8. The lowest BCUT2D eigenvalue weighted by Gasteiger charge is -2.40. The zero-order valence-corrected chi connectivity index (χ0v) is 11.5. The van der Waals surface area contributed by atoms with Crippen molar-refractivity contribution in [2.75, 3.05) is 26.8 Å². The average Bonchev–Trinajstić information content (AvgIpc) is 3.16. The fraction of sp³-hybridized carbons (Fsp3) is 0.923. The fourth-order valence-electron chi connectivity index (χ4n) is 2.72. The van der Waals surface area contributed by atoms with E-state index in [9.17, 15) is 23.1 Å². The number of carbonyl (C=O) groups is 1. The van der Waals surface area contributed by atoms with Crippen molar-refractivity contribution in [3.8, 4) is 0 Å². The number of aliphatic hydroxyl groups is 1. The molecule has 0 unspecified atom stereocenters. The van der Waals surface area contributed by atoms with Crippen LogP contribution < -0.4 is 0 Å². The first-order valence-corrected chi connectivity index (χ1v) is 6.82. The minimum absolute atomic E-state index is 0.0381. The summed E-state index contributed by atoms with van der Waals surface area (Å²) < 4.78 is 43.1. The standard InChI is InChI=1S/C13H20F3NO3/c1-20-9-6-11(2-3-11)10(18)17-7-4-12(19,5-8-17)13(14,15)16/h19H,2-9H2,1H3. The molecule has 7 heteroatoms. The molecule has 0 aromatic heterocycles. The maximum atomic E-state index is 12.7. The molecule has 0 aromatic rings. The van der Waals surface area contributed by atoms with Gasteiger partial charge in [0.1, 0.15) is 0 Å². The first-order chi connectivity index (χ1) is 9.24. The van der Waals surface area contributed by atoms with Crippen molar-refractivity contribution >= 4 is 5.91 Å². The number of rotatable bonds is 4. The summed E-state index contributed by atoms with van der Waals surface area (Å²) in [5.74, 6) is -0.0845. The highest BCUT2D eigenvalue weighted by atomic mass is 19.4. The molecule has 0 spiro atoms. The average molecular weight is 295 g/mol. The van der Waals surface area contributed by atoms with Crippen LogP contribution in [0.3, 0.4) is 0 Å². The molecule has 2 aliphatic rings. The van der Waals surface area contributed by atoms with E-state index in [4.69, 9.17) is 4.74 Å². The Balaban J connectivity index is 1.93. The molecule has 1 saturated carbocycles. The van der Waals surface area contributed by atoms with Crippen LogP contribution >= 0.6 is 0 Å². The number of ether oxygens (including phenoxy) is 1. The van der Waals surface area contributed by atoms with Gasteiger partial charge in [-0.05, 0) is 19.3 Å². The Hall–Kier alpha value is -0.820. The second-order valence-corrected chi connectivity index (χ2v) is 5.84. The number of alkyl halides is 3. The number of carbonyl (C=O) groups excluding carboxylic acids is 1. The van der Waals surface area contributed by atoms with Crippen molar-refractivity contribution in [2.24, 2.45) is 5.41 Å². The van der Waals surface area contributed by atoms with E-state index in [0.29, 0.717) is 13.0 Å². The second kappa shape index (κ2) is 5.18. The SMILES string of the molecule is COCCC1(C(=O)N2CCC(O)(C(F)(F)F)CC2)CC1. The maximum absolute atomic E-state index is 12.7. The Kier molecular flexibility index (Phi) is 4.03. The topological polar surface area (TPSA) is 49.8 Å². The Morgan fingerprint density at radius 1 is 1.25 bits per heavy atom. The summed E-state index contributed by atoms with van der Waals surface area (Å²) in [6.45, 7) is 0.402. The van der Waals surface area contributed by atoms with Crippen molar-refractivity contribution in [3.63, 3.8) is 0 Å². The van der Waals surface area contributed by atoms with Crippen LogP contribution in [0.15, 0.2) is 0 Å². The fourth-order valence-corrected chi connectivity index (χ4v) is 2.72. The third-order valence-corrected chi connectivity index (χ3v) is 4.50.